The van der Waals surface area contributed by atoms with Gasteiger partial charge in [-0.1, -0.05) is 18.2 Å². The summed E-state index contributed by atoms with van der Waals surface area (Å²) >= 11 is 0. The number of methoxy groups -OCH3 is 2. The smallest absolute Gasteiger partial charge is 0.258 e. The van der Waals surface area contributed by atoms with Crippen LogP contribution in [-0.4, -0.2) is 26.7 Å². The number of carbonyl (C=O) groups excluding carboxylic acids is 1. The minimum Gasteiger partial charge on any atom is -0.497 e. The largest absolute Gasteiger partial charge is 0.497 e. The van der Waals surface area contributed by atoms with Crippen molar-refractivity contribution in [3.63, 3.8) is 0 Å². The molecule has 5 nitrogen and oxygen atoms in total. The van der Waals surface area contributed by atoms with Crippen molar-refractivity contribution in [1.29, 1.82) is 0 Å². The molecule has 0 aromatic heterocycles. The second-order valence-electron chi connectivity index (χ2n) is 5.45. The number of amides is 1. The Morgan fingerprint density at radius 3 is 2.50 bits per heavy atom. The Bertz CT molecular complexity index is 700. The van der Waals surface area contributed by atoms with Crippen LogP contribution < -0.4 is 19.5 Å². The third-order valence-corrected chi connectivity index (χ3v) is 3.73. The van der Waals surface area contributed by atoms with Crippen molar-refractivity contribution >= 4 is 5.91 Å². The highest BCUT2D eigenvalue weighted by atomic mass is 16.5. The van der Waals surface area contributed by atoms with E-state index in [4.69, 9.17) is 14.2 Å². The summed E-state index contributed by atoms with van der Waals surface area (Å²) in [5.41, 5.74) is 1.84. The van der Waals surface area contributed by atoms with Gasteiger partial charge in [-0.05, 0) is 43.7 Å². The summed E-state index contributed by atoms with van der Waals surface area (Å²) in [6.45, 7) is 3.79. The molecule has 2 aromatic rings. The summed E-state index contributed by atoms with van der Waals surface area (Å²) in [5.74, 6) is 1.92. The first-order valence-electron chi connectivity index (χ1n) is 7.75. The molecule has 0 saturated heterocycles. The van der Waals surface area contributed by atoms with Crippen LogP contribution in [0.4, 0.5) is 0 Å². The molecule has 0 saturated carbocycles. The Morgan fingerprint density at radius 1 is 1.08 bits per heavy atom. The zero-order valence-electron chi connectivity index (χ0n) is 14.5. The zero-order valence-corrected chi connectivity index (χ0v) is 14.5. The number of para-hydroxylation sites is 1. The van der Waals surface area contributed by atoms with Crippen LogP contribution in [0.15, 0.2) is 42.5 Å². The van der Waals surface area contributed by atoms with Gasteiger partial charge in [-0.3, -0.25) is 4.79 Å². The van der Waals surface area contributed by atoms with E-state index in [1.165, 1.54) is 0 Å². The van der Waals surface area contributed by atoms with Gasteiger partial charge in [0.15, 0.2) is 6.61 Å². The number of benzene rings is 2. The fourth-order valence-electron chi connectivity index (χ4n) is 2.40. The fraction of sp³-hybridized carbons (Fsp3) is 0.316. The summed E-state index contributed by atoms with van der Waals surface area (Å²) < 4.78 is 16.2. The molecule has 24 heavy (non-hydrogen) atoms. The molecular weight excluding hydrogens is 306 g/mol. The number of hydrogen-bond acceptors (Lipinski definition) is 4. The molecule has 1 amide bonds. The molecule has 0 spiro atoms. The van der Waals surface area contributed by atoms with E-state index in [1.807, 2.05) is 56.3 Å². The predicted molar refractivity (Wildman–Crippen MR) is 92.8 cm³/mol. The van der Waals surface area contributed by atoms with Gasteiger partial charge in [-0.2, -0.15) is 0 Å². The first-order valence-corrected chi connectivity index (χ1v) is 7.75. The number of carbonyl (C=O) groups is 1. The van der Waals surface area contributed by atoms with E-state index in [0.717, 1.165) is 11.1 Å². The van der Waals surface area contributed by atoms with Crippen LogP contribution in [0.5, 0.6) is 17.2 Å². The van der Waals surface area contributed by atoms with E-state index in [1.54, 1.807) is 14.2 Å². The predicted octanol–water partition coefficient (Wildman–Crippen LogP) is 3.27. The fourth-order valence-corrected chi connectivity index (χ4v) is 2.40. The van der Waals surface area contributed by atoms with Crippen molar-refractivity contribution in [1.82, 2.24) is 5.32 Å². The number of rotatable bonds is 7. The molecule has 0 radical (unpaired) electrons. The second kappa shape index (κ2) is 8.24. The average Bonchev–Trinajstić information content (AvgIpc) is 2.60. The quantitative estimate of drug-likeness (QED) is 0.847. The lowest BCUT2D eigenvalue weighted by Gasteiger charge is -2.18. The Balaban J connectivity index is 2.00. The van der Waals surface area contributed by atoms with Crippen LogP contribution in [0.1, 0.15) is 24.1 Å². The minimum absolute atomic E-state index is 0.0402. The monoisotopic (exact) mass is 329 g/mol. The molecular formula is C19H23NO4. The van der Waals surface area contributed by atoms with Crippen molar-refractivity contribution in [2.45, 2.75) is 19.9 Å². The Kier molecular flexibility index (Phi) is 6.07. The maximum absolute atomic E-state index is 12.2. The molecule has 5 heteroatoms. The zero-order chi connectivity index (χ0) is 17.5. The highest BCUT2D eigenvalue weighted by Crippen LogP contribution is 2.29. The molecule has 0 unspecified atom stereocenters. The van der Waals surface area contributed by atoms with E-state index in [2.05, 4.69) is 5.32 Å². The first-order chi connectivity index (χ1) is 11.5. The van der Waals surface area contributed by atoms with Crippen molar-refractivity contribution in [2.24, 2.45) is 0 Å². The average molecular weight is 329 g/mol. The van der Waals surface area contributed by atoms with Crippen LogP contribution in [0.25, 0.3) is 0 Å². The summed E-state index contributed by atoms with van der Waals surface area (Å²) in [6.07, 6.45) is 0. The van der Waals surface area contributed by atoms with Crippen LogP contribution in [-0.2, 0) is 4.79 Å². The molecule has 2 aromatic carbocycles. The minimum atomic E-state index is -0.233. The third kappa shape index (κ3) is 4.41. The second-order valence-corrected chi connectivity index (χ2v) is 5.45. The van der Waals surface area contributed by atoms with Crippen molar-refractivity contribution in [3.8, 4) is 17.2 Å². The maximum Gasteiger partial charge on any atom is 0.258 e. The topological polar surface area (TPSA) is 56.8 Å². The lowest BCUT2D eigenvalue weighted by molar-refractivity contribution is -0.123. The molecule has 0 heterocycles. The Morgan fingerprint density at radius 2 is 1.83 bits per heavy atom. The molecule has 0 aliphatic rings. The first kappa shape index (κ1) is 17.7. The molecule has 0 bridgehead atoms. The molecule has 0 aliphatic heterocycles. The lowest BCUT2D eigenvalue weighted by atomic mass is 10.1. The molecule has 1 atom stereocenters. The van der Waals surface area contributed by atoms with Gasteiger partial charge in [-0.15, -0.1) is 0 Å². The molecule has 1 N–H and O–H groups in total. The number of nitrogens with one attached hydrogen (secondary N) is 1. The van der Waals surface area contributed by atoms with Gasteiger partial charge in [0.2, 0.25) is 0 Å². The standard InChI is InChI=1S/C19H23NO4/c1-13-7-5-6-8-17(13)24-12-19(21)20-14(2)16-11-15(22-3)9-10-18(16)23-4/h5-11,14H,12H2,1-4H3,(H,20,21)/t14-/m0/s1. The Hall–Kier alpha value is -2.69. The van der Waals surface area contributed by atoms with Crippen molar-refractivity contribution in [3.05, 3.63) is 53.6 Å². The van der Waals surface area contributed by atoms with Gasteiger partial charge in [0.1, 0.15) is 17.2 Å². The highest BCUT2D eigenvalue weighted by Gasteiger charge is 2.15. The summed E-state index contributed by atoms with van der Waals surface area (Å²) in [7, 11) is 3.20. The maximum atomic E-state index is 12.2. The SMILES string of the molecule is COc1ccc(OC)c([C@H](C)NC(=O)COc2ccccc2C)c1. The van der Waals surface area contributed by atoms with Crippen molar-refractivity contribution < 1.29 is 19.0 Å². The van der Waals surface area contributed by atoms with Gasteiger partial charge in [0.05, 0.1) is 20.3 Å². The number of hydrogen-bond donors (Lipinski definition) is 1. The molecule has 0 fully saturated rings. The van der Waals surface area contributed by atoms with Gasteiger partial charge < -0.3 is 19.5 Å². The number of ether oxygens (including phenoxy) is 3. The summed E-state index contributed by atoms with van der Waals surface area (Å²) in [4.78, 5) is 12.2. The van der Waals surface area contributed by atoms with E-state index in [9.17, 15) is 4.79 Å². The normalized spacial score (nSPS) is 11.5. The van der Waals surface area contributed by atoms with E-state index in [0.29, 0.717) is 17.2 Å². The van der Waals surface area contributed by atoms with Gasteiger partial charge in [0, 0.05) is 5.56 Å². The van der Waals surface area contributed by atoms with E-state index in [-0.39, 0.29) is 18.6 Å². The van der Waals surface area contributed by atoms with Gasteiger partial charge in [-0.25, -0.2) is 0 Å². The van der Waals surface area contributed by atoms with E-state index < -0.39 is 0 Å². The summed E-state index contributed by atoms with van der Waals surface area (Å²) in [5, 5.41) is 2.91. The van der Waals surface area contributed by atoms with Crippen LogP contribution in [0.2, 0.25) is 0 Å². The Labute approximate surface area is 142 Å². The molecule has 2 rings (SSSR count). The van der Waals surface area contributed by atoms with Gasteiger partial charge in [0.25, 0.3) is 5.91 Å². The third-order valence-electron chi connectivity index (χ3n) is 3.73. The van der Waals surface area contributed by atoms with Crippen LogP contribution >= 0.6 is 0 Å². The molecule has 0 aliphatic carbocycles. The van der Waals surface area contributed by atoms with Gasteiger partial charge >= 0.3 is 0 Å². The van der Waals surface area contributed by atoms with E-state index >= 15 is 0 Å². The highest BCUT2D eigenvalue weighted by molar-refractivity contribution is 5.78. The summed E-state index contributed by atoms with van der Waals surface area (Å²) in [6, 6.07) is 12.9. The van der Waals surface area contributed by atoms with Crippen molar-refractivity contribution in [2.75, 3.05) is 20.8 Å². The van der Waals surface area contributed by atoms with Crippen LogP contribution in [0.3, 0.4) is 0 Å². The molecule has 128 valence electrons. The lowest BCUT2D eigenvalue weighted by Crippen LogP contribution is -2.31. The number of aryl methyl sites for hydroxylation is 1. The van der Waals surface area contributed by atoms with Crippen LogP contribution in [0, 0.1) is 6.92 Å².